The Balaban J connectivity index is 1.45. The highest BCUT2D eigenvalue weighted by Crippen LogP contribution is 2.32. The molecule has 1 aliphatic rings. The zero-order valence-electron chi connectivity index (χ0n) is 15.4. The Kier molecular flexibility index (Phi) is 4.78. The Bertz CT molecular complexity index is 943. The van der Waals surface area contributed by atoms with Crippen LogP contribution in [0.2, 0.25) is 0 Å². The maximum absolute atomic E-state index is 5.42. The van der Waals surface area contributed by atoms with Crippen molar-refractivity contribution in [3.63, 3.8) is 0 Å². The predicted octanol–water partition coefficient (Wildman–Crippen LogP) is 4.68. The van der Waals surface area contributed by atoms with E-state index in [0.29, 0.717) is 12.5 Å². The standard InChI is InChI=1S/C21H22N4O2/c1-14(2)16-5-3-4-6-17(16)25-21-10-20(23-12-24-21)22-11-15-7-8-18-19(9-15)27-13-26-18/h3-10,12,14H,11,13H2,1-2H3,(H2,22,23,24,25). The van der Waals surface area contributed by atoms with Crippen LogP contribution in [0.1, 0.15) is 30.9 Å². The molecule has 0 saturated carbocycles. The molecule has 0 atom stereocenters. The summed E-state index contributed by atoms with van der Waals surface area (Å²) in [5.74, 6) is 3.51. The summed E-state index contributed by atoms with van der Waals surface area (Å²) < 4.78 is 10.8. The molecule has 0 fully saturated rings. The van der Waals surface area contributed by atoms with Gasteiger partial charge < -0.3 is 20.1 Å². The van der Waals surface area contributed by atoms with Crippen molar-refractivity contribution in [3.8, 4) is 11.5 Å². The highest BCUT2D eigenvalue weighted by Gasteiger charge is 2.13. The Morgan fingerprint density at radius 1 is 0.963 bits per heavy atom. The molecule has 0 radical (unpaired) electrons. The Morgan fingerprint density at radius 3 is 2.67 bits per heavy atom. The molecular weight excluding hydrogens is 340 g/mol. The van der Waals surface area contributed by atoms with Crippen molar-refractivity contribution in [3.05, 3.63) is 66.0 Å². The number of para-hydroxylation sites is 1. The molecule has 138 valence electrons. The van der Waals surface area contributed by atoms with Gasteiger partial charge >= 0.3 is 0 Å². The maximum atomic E-state index is 5.42. The number of anilines is 3. The van der Waals surface area contributed by atoms with E-state index < -0.39 is 0 Å². The van der Waals surface area contributed by atoms with Gasteiger partial charge in [-0.15, -0.1) is 0 Å². The van der Waals surface area contributed by atoms with Gasteiger partial charge in [-0.1, -0.05) is 38.1 Å². The molecule has 2 heterocycles. The van der Waals surface area contributed by atoms with Gasteiger partial charge in [0.25, 0.3) is 0 Å². The van der Waals surface area contributed by atoms with Gasteiger partial charge in [0, 0.05) is 18.3 Å². The Hall–Kier alpha value is -3.28. The molecule has 0 saturated heterocycles. The first-order valence-electron chi connectivity index (χ1n) is 8.99. The molecule has 1 aromatic heterocycles. The van der Waals surface area contributed by atoms with Gasteiger partial charge in [-0.05, 0) is 35.2 Å². The van der Waals surface area contributed by atoms with E-state index in [-0.39, 0.29) is 6.79 Å². The highest BCUT2D eigenvalue weighted by molar-refractivity contribution is 5.63. The van der Waals surface area contributed by atoms with E-state index >= 15 is 0 Å². The summed E-state index contributed by atoms with van der Waals surface area (Å²) in [6.45, 7) is 5.28. The molecule has 0 spiro atoms. The van der Waals surface area contributed by atoms with Crippen LogP contribution in [-0.2, 0) is 6.54 Å². The van der Waals surface area contributed by atoms with Crippen LogP contribution in [0, 0.1) is 0 Å². The number of ether oxygens (including phenoxy) is 2. The molecule has 0 amide bonds. The molecule has 4 rings (SSSR count). The third kappa shape index (κ3) is 3.95. The highest BCUT2D eigenvalue weighted by atomic mass is 16.7. The second-order valence-electron chi connectivity index (χ2n) is 6.70. The van der Waals surface area contributed by atoms with E-state index in [9.17, 15) is 0 Å². The first kappa shape index (κ1) is 17.1. The minimum Gasteiger partial charge on any atom is -0.454 e. The number of benzene rings is 2. The van der Waals surface area contributed by atoms with Crippen molar-refractivity contribution < 1.29 is 9.47 Å². The molecule has 2 aromatic carbocycles. The van der Waals surface area contributed by atoms with Crippen molar-refractivity contribution in [2.75, 3.05) is 17.4 Å². The molecule has 1 aliphatic heterocycles. The van der Waals surface area contributed by atoms with Gasteiger partial charge in [-0.25, -0.2) is 9.97 Å². The maximum Gasteiger partial charge on any atom is 0.231 e. The Labute approximate surface area is 158 Å². The van der Waals surface area contributed by atoms with Crippen LogP contribution in [0.3, 0.4) is 0 Å². The molecular formula is C21H22N4O2. The van der Waals surface area contributed by atoms with Gasteiger partial charge in [0.1, 0.15) is 18.0 Å². The number of hydrogen-bond donors (Lipinski definition) is 2. The lowest BCUT2D eigenvalue weighted by atomic mass is 10.0. The molecule has 0 unspecified atom stereocenters. The molecule has 2 N–H and O–H groups in total. The van der Waals surface area contributed by atoms with Crippen molar-refractivity contribution in [2.45, 2.75) is 26.3 Å². The monoisotopic (exact) mass is 362 g/mol. The summed E-state index contributed by atoms with van der Waals surface area (Å²) in [7, 11) is 0. The van der Waals surface area contributed by atoms with Crippen LogP contribution in [0.5, 0.6) is 11.5 Å². The van der Waals surface area contributed by atoms with Crippen molar-refractivity contribution in [1.29, 1.82) is 0 Å². The van der Waals surface area contributed by atoms with E-state index in [0.717, 1.165) is 34.4 Å². The van der Waals surface area contributed by atoms with Gasteiger partial charge in [-0.3, -0.25) is 0 Å². The molecule has 3 aromatic rings. The van der Waals surface area contributed by atoms with E-state index in [1.807, 2.05) is 30.3 Å². The minimum absolute atomic E-state index is 0.283. The summed E-state index contributed by atoms with van der Waals surface area (Å²) in [6, 6.07) is 16.1. The zero-order chi connectivity index (χ0) is 18.6. The first-order chi connectivity index (χ1) is 13.2. The number of aromatic nitrogens is 2. The van der Waals surface area contributed by atoms with Crippen molar-refractivity contribution in [2.24, 2.45) is 0 Å². The SMILES string of the molecule is CC(C)c1ccccc1Nc1cc(NCc2ccc3c(c2)OCO3)ncn1. The number of nitrogens with zero attached hydrogens (tertiary/aromatic N) is 2. The second kappa shape index (κ2) is 7.53. The third-order valence-corrected chi connectivity index (χ3v) is 4.42. The van der Waals surface area contributed by atoms with Crippen LogP contribution in [-0.4, -0.2) is 16.8 Å². The van der Waals surface area contributed by atoms with E-state index in [1.165, 1.54) is 5.56 Å². The summed E-state index contributed by atoms with van der Waals surface area (Å²) in [6.07, 6.45) is 1.56. The van der Waals surface area contributed by atoms with Gasteiger partial charge in [0.15, 0.2) is 11.5 Å². The lowest BCUT2D eigenvalue weighted by Crippen LogP contribution is -2.04. The normalized spacial score (nSPS) is 12.3. The molecule has 0 bridgehead atoms. The number of nitrogens with one attached hydrogen (secondary N) is 2. The van der Waals surface area contributed by atoms with Crippen LogP contribution >= 0.6 is 0 Å². The fraction of sp³-hybridized carbons (Fsp3) is 0.238. The van der Waals surface area contributed by atoms with Crippen molar-refractivity contribution in [1.82, 2.24) is 9.97 Å². The fourth-order valence-corrected chi connectivity index (χ4v) is 3.02. The van der Waals surface area contributed by atoms with Gasteiger partial charge in [0.2, 0.25) is 6.79 Å². The average Bonchev–Trinajstić information content (AvgIpc) is 3.15. The van der Waals surface area contributed by atoms with Crippen molar-refractivity contribution >= 4 is 17.3 Å². The number of hydrogen-bond acceptors (Lipinski definition) is 6. The second-order valence-corrected chi connectivity index (χ2v) is 6.70. The van der Waals surface area contributed by atoms with E-state index in [4.69, 9.17) is 9.47 Å². The quantitative estimate of drug-likeness (QED) is 0.663. The molecule has 6 nitrogen and oxygen atoms in total. The summed E-state index contributed by atoms with van der Waals surface area (Å²) >= 11 is 0. The lowest BCUT2D eigenvalue weighted by molar-refractivity contribution is 0.174. The van der Waals surface area contributed by atoms with Crippen LogP contribution in [0.4, 0.5) is 17.3 Å². The van der Waals surface area contributed by atoms with Crippen LogP contribution < -0.4 is 20.1 Å². The summed E-state index contributed by atoms with van der Waals surface area (Å²) in [5.41, 5.74) is 3.41. The lowest BCUT2D eigenvalue weighted by Gasteiger charge is -2.14. The molecule has 0 aliphatic carbocycles. The minimum atomic E-state index is 0.283. The van der Waals surface area contributed by atoms with Crippen LogP contribution in [0.15, 0.2) is 54.9 Å². The first-order valence-corrected chi connectivity index (χ1v) is 8.99. The number of rotatable bonds is 6. The van der Waals surface area contributed by atoms with Crippen LogP contribution in [0.25, 0.3) is 0 Å². The average molecular weight is 362 g/mol. The topological polar surface area (TPSA) is 68.3 Å². The smallest absolute Gasteiger partial charge is 0.231 e. The van der Waals surface area contributed by atoms with E-state index in [1.54, 1.807) is 6.33 Å². The Morgan fingerprint density at radius 2 is 1.78 bits per heavy atom. The fourth-order valence-electron chi connectivity index (χ4n) is 3.02. The summed E-state index contributed by atoms with van der Waals surface area (Å²) in [5, 5.41) is 6.73. The molecule has 6 heteroatoms. The largest absolute Gasteiger partial charge is 0.454 e. The number of fused-ring (bicyclic) bond motifs is 1. The zero-order valence-corrected chi connectivity index (χ0v) is 15.4. The van der Waals surface area contributed by atoms with Gasteiger partial charge in [-0.2, -0.15) is 0 Å². The molecule has 27 heavy (non-hydrogen) atoms. The summed E-state index contributed by atoms with van der Waals surface area (Å²) in [4.78, 5) is 8.65. The predicted molar refractivity (Wildman–Crippen MR) is 106 cm³/mol. The van der Waals surface area contributed by atoms with Gasteiger partial charge in [0.05, 0.1) is 0 Å². The van der Waals surface area contributed by atoms with E-state index in [2.05, 4.69) is 52.6 Å². The third-order valence-electron chi connectivity index (χ3n) is 4.42.